The molecule has 2 aliphatic rings. The minimum Gasteiger partial charge on any atom is -0.327 e. The molecule has 0 aromatic heterocycles. The summed E-state index contributed by atoms with van der Waals surface area (Å²) in [6, 6.07) is 0.130. The van der Waals surface area contributed by atoms with E-state index in [1.165, 1.54) is 12.8 Å². The van der Waals surface area contributed by atoms with Gasteiger partial charge in [0.25, 0.3) is 0 Å². The number of hydrogen-bond donors (Lipinski definition) is 1. The van der Waals surface area contributed by atoms with Gasteiger partial charge in [0.15, 0.2) is 5.78 Å². The maximum Gasteiger partial charge on any atom is 0.163 e. The predicted octanol–water partition coefficient (Wildman–Crippen LogP) is 2.18. The lowest BCUT2D eigenvalue weighted by molar-refractivity contribution is -0.119. The molecule has 0 aliphatic heterocycles. The molecule has 78 valence electrons. The number of rotatable bonds is 2. The van der Waals surface area contributed by atoms with Crippen LogP contribution in [0, 0.1) is 5.92 Å². The third kappa shape index (κ3) is 1.90. The molecule has 0 amide bonds. The van der Waals surface area contributed by atoms with E-state index >= 15 is 0 Å². The lowest BCUT2D eigenvalue weighted by atomic mass is 9.87. The van der Waals surface area contributed by atoms with Crippen LogP contribution in [0.3, 0.4) is 0 Å². The SMILES string of the molecule is NC1CCCC1C(=O)C1=CCCCC1. The van der Waals surface area contributed by atoms with Crippen LogP contribution < -0.4 is 5.73 Å². The summed E-state index contributed by atoms with van der Waals surface area (Å²) in [6.45, 7) is 0. The van der Waals surface area contributed by atoms with E-state index in [9.17, 15) is 4.79 Å². The van der Waals surface area contributed by atoms with Crippen LogP contribution in [0.2, 0.25) is 0 Å². The molecule has 14 heavy (non-hydrogen) atoms. The third-order valence-electron chi connectivity index (χ3n) is 3.51. The average molecular weight is 193 g/mol. The monoisotopic (exact) mass is 193 g/mol. The number of carbonyl (C=O) groups is 1. The molecule has 2 rings (SSSR count). The molecular weight excluding hydrogens is 174 g/mol. The molecule has 2 atom stereocenters. The topological polar surface area (TPSA) is 43.1 Å². The van der Waals surface area contributed by atoms with E-state index in [0.29, 0.717) is 5.78 Å². The zero-order valence-electron chi connectivity index (χ0n) is 8.67. The number of allylic oxidation sites excluding steroid dienone is 2. The van der Waals surface area contributed by atoms with Crippen LogP contribution in [0.15, 0.2) is 11.6 Å². The van der Waals surface area contributed by atoms with Gasteiger partial charge in [-0.25, -0.2) is 0 Å². The minimum absolute atomic E-state index is 0.130. The fraction of sp³-hybridized carbons (Fsp3) is 0.750. The number of hydrogen-bond acceptors (Lipinski definition) is 2. The molecule has 1 saturated carbocycles. The lowest BCUT2D eigenvalue weighted by Gasteiger charge is -2.18. The van der Waals surface area contributed by atoms with Crippen LogP contribution in [-0.4, -0.2) is 11.8 Å². The van der Waals surface area contributed by atoms with Gasteiger partial charge >= 0.3 is 0 Å². The van der Waals surface area contributed by atoms with E-state index in [-0.39, 0.29) is 12.0 Å². The van der Waals surface area contributed by atoms with Crippen LogP contribution in [-0.2, 0) is 4.79 Å². The van der Waals surface area contributed by atoms with Gasteiger partial charge in [0, 0.05) is 12.0 Å². The Morgan fingerprint density at radius 1 is 1.29 bits per heavy atom. The summed E-state index contributed by atoms with van der Waals surface area (Å²) in [5.74, 6) is 0.494. The van der Waals surface area contributed by atoms with Crippen molar-refractivity contribution < 1.29 is 4.79 Å². The smallest absolute Gasteiger partial charge is 0.163 e. The van der Waals surface area contributed by atoms with Crippen molar-refractivity contribution in [2.24, 2.45) is 11.7 Å². The summed E-state index contributed by atoms with van der Waals surface area (Å²) < 4.78 is 0. The van der Waals surface area contributed by atoms with Gasteiger partial charge in [-0.15, -0.1) is 0 Å². The Morgan fingerprint density at radius 3 is 2.71 bits per heavy atom. The molecule has 0 aromatic carbocycles. The highest BCUT2D eigenvalue weighted by molar-refractivity contribution is 5.97. The predicted molar refractivity (Wildman–Crippen MR) is 56.9 cm³/mol. The van der Waals surface area contributed by atoms with Crippen molar-refractivity contribution >= 4 is 5.78 Å². The van der Waals surface area contributed by atoms with Crippen LogP contribution in [0.4, 0.5) is 0 Å². The quantitative estimate of drug-likeness (QED) is 0.730. The van der Waals surface area contributed by atoms with Crippen LogP contribution in [0.1, 0.15) is 44.9 Å². The Bertz CT molecular complexity index is 257. The fourth-order valence-electron chi connectivity index (χ4n) is 2.61. The van der Waals surface area contributed by atoms with Crippen molar-refractivity contribution in [1.82, 2.24) is 0 Å². The standard InChI is InChI=1S/C12H19NO/c13-11-8-4-7-10(11)12(14)9-5-2-1-3-6-9/h5,10-11H,1-4,6-8,13H2. The summed E-state index contributed by atoms with van der Waals surface area (Å²) in [5, 5.41) is 0. The van der Waals surface area contributed by atoms with Crippen LogP contribution in [0.5, 0.6) is 0 Å². The maximum absolute atomic E-state index is 12.1. The molecular formula is C12H19NO. The summed E-state index contributed by atoms with van der Waals surface area (Å²) >= 11 is 0. The zero-order valence-corrected chi connectivity index (χ0v) is 8.67. The molecule has 2 heteroatoms. The highest BCUT2D eigenvalue weighted by atomic mass is 16.1. The number of ketones is 1. The zero-order chi connectivity index (χ0) is 9.97. The molecule has 2 nitrogen and oxygen atoms in total. The normalized spacial score (nSPS) is 32.8. The molecule has 2 N–H and O–H groups in total. The Kier molecular flexibility index (Phi) is 3.02. The van der Waals surface area contributed by atoms with Gasteiger partial charge in [-0.3, -0.25) is 4.79 Å². The number of nitrogens with two attached hydrogens (primary N) is 1. The van der Waals surface area contributed by atoms with Crippen molar-refractivity contribution in [3.8, 4) is 0 Å². The van der Waals surface area contributed by atoms with E-state index in [2.05, 4.69) is 6.08 Å². The number of carbonyl (C=O) groups excluding carboxylic acids is 1. The van der Waals surface area contributed by atoms with Gasteiger partial charge in [-0.2, -0.15) is 0 Å². The largest absolute Gasteiger partial charge is 0.327 e. The molecule has 2 aliphatic carbocycles. The minimum atomic E-state index is 0.130. The van der Waals surface area contributed by atoms with Gasteiger partial charge < -0.3 is 5.73 Å². The molecule has 0 saturated heterocycles. The van der Waals surface area contributed by atoms with Crippen molar-refractivity contribution in [2.75, 3.05) is 0 Å². The molecule has 0 heterocycles. The van der Waals surface area contributed by atoms with E-state index in [4.69, 9.17) is 5.73 Å². The van der Waals surface area contributed by atoms with Gasteiger partial charge in [-0.1, -0.05) is 12.5 Å². The van der Waals surface area contributed by atoms with Gasteiger partial charge in [0.1, 0.15) is 0 Å². The van der Waals surface area contributed by atoms with Crippen molar-refractivity contribution in [3.63, 3.8) is 0 Å². The second kappa shape index (κ2) is 4.26. The first-order chi connectivity index (χ1) is 6.79. The molecule has 0 aromatic rings. The molecule has 0 radical (unpaired) electrons. The van der Waals surface area contributed by atoms with E-state index in [0.717, 1.165) is 37.7 Å². The van der Waals surface area contributed by atoms with Crippen molar-refractivity contribution in [1.29, 1.82) is 0 Å². The summed E-state index contributed by atoms with van der Waals surface area (Å²) in [4.78, 5) is 12.1. The van der Waals surface area contributed by atoms with E-state index < -0.39 is 0 Å². The summed E-state index contributed by atoms with van der Waals surface area (Å²) in [6.07, 6.45) is 9.81. The second-order valence-electron chi connectivity index (χ2n) is 4.54. The average Bonchev–Trinajstić information content (AvgIpc) is 2.65. The molecule has 1 fully saturated rings. The second-order valence-corrected chi connectivity index (χ2v) is 4.54. The fourth-order valence-corrected chi connectivity index (χ4v) is 2.61. The Balaban J connectivity index is 2.03. The number of Topliss-reactive ketones (excluding diaryl/α,β-unsaturated/α-hetero) is 1. The van der Waals surface area contributed by atoms with Crippen molar-refractivity contribution in [2.45, 2.75) is 51.0 Å². The third-order valence-corrected chi connectivity index (χ3v) is 3.51. The van der Waals surface area contributed by atoms with E-state index in [1.54, 1.807) is 0 Å². The van der Waals surface area contributed by atoms with Crippen LogP contribution >= 0.6 is 0 Å². The molecule has 0 bridgehead atoms. The van der Waals surface area contributed by atoms with Gasteiger partial charge in [0.2, 0.25) is 0 Å². The van der Waals surface area contributed by atoms with Gasteiger partial charge in [-0.05, 0) is 44.1 Å². The molecule has 2 unspecified atom stereocenters. The summed E-state index contributed by atoms with van der Waals surface area (Å²) in [5.41, 5.74) is 7.01. The first kappa shape index (κ1) is 9.91. The maximum atomic E-state index is 12.1. The van der Waals surface area contributed by atoms with Crippen LogP contribution in [0.25, 0.3) is 0 Å². The van der Waals surface area contributed by atoms with E-state index in [1.807, 2.05) is 0 Å². The highest BCUT2D eigenvalue weighted by Crippen LogP contribution is 2.30. The highest BCUT2D eigenvalue weighted by Gasteiger charge is 2.31. The summed E-state index contributed by atoms with van der Waals surface area (Å²) in [7, 11) is 0. The van der Waals surface area contributed by atoms with Gasteiger partial charge in [0.05, 0.1) is 0 Å². The Morgan fingerprint density at radius 2 is 2.14 bits per heavy atom. The van der Waals surface area contributed by atoms with Crippen molar-refractivity contribution in [3.05, 3.63) is 11.6 Å². The first-order valence-corrected chi connectivity index (χ1v) is 5.78. The lowest BCUT2D eigenvalue weighted by Crippen LogP contribution is -2.31. The Hall–Kier alpha value is -0.630. The molecule has 0 spiro atoms. The first-order valence-electron chi connectivity index (χ1n) is 5.78. The Labute approximate surface area is 85.6 Å².